The minimum atomic E-state index is -0.465. The van der Waals surface area contributed by atoms with E-state index < -0.39 is 4.92 Å². The van der Waals surface area contributed by atoms with E-state index in [-0.39, 0.29) is 11.5 Å². The van der Waals surface area contributed by atoms with Crippen LogP contribution in [0.2, 0.25) is 0 Å². The third-order valence-corrected chi connectivity index (χ3v) is 3.44. The first-order valence-corrected chi connectivity index (χ1v) is 7.25. The first-order valence-electron chi connectivity index (χ1n) is 7.25. The molecule has 3 aromatic carbocycles. The average molecular weight is 319 g/mol. The average Bonchev–Trinajstić information content (AvgIpc) is 2.63. The monoisotopic (exact) mass is 319 g/mol. The van der Waals surface area contributed by atoms with Crippen LogP contribution in [0.5, 0.6) is 11.5 Å². The van der Waals surface area contributed by atoms with Crippen LogP contribution in [-0.2, 0) is 0 Å². The van der Waals surface area contributed by atoms with Gasteiger partial charge in [0.15, 0.2) is 5.78 Å². The van der Waals surface area contributed by atoms with Crippen LogP contribution in [0.1, 0.15) is 15.9 Å². The Hall–Kier alpha value is -3.47. The molecule has 0 heterocycles. The van der Waals surface area contributed by atoms with Crippen LogP contribution in [0.25, 0.3) is 0 Å². The van der Waals surface area contributed by atoms with Gasteiger partial charge in [0.25, 0.3) is 5.69 Å². The van der Waals surface area contributed by atoms with Crippen molar-refractivity contribution in [3.8, 4) is 11.5 Å². The molecule has 0 aromatic heterocycles. The Bertz CT molecular complexity index is 856. The zero-order valence-corrected chi connectivity index (χ0v) is 12.6. The number of nitro benzene ring substituents is 1. The molecule has 0 saturated carbocycles. The normalized spacial score (nSPS) is 10.2. The lowest BCUT2D eigenvalue weighted by molar-refractivity contribution is -0.384. The summed E-state index contributed by atoms with van der Waals surface area (Å²) in [5.41, 5.74) is 1.20. The third kappa shape index (κ3) is 3.47. The molecule has 118 valence electrons. The number of nitro groups is 1. The third-order valence-electron chi connectivity index (χ3n) is 3.44. The lowest BCUT2D eigenvalue weighted by Gasteiger charge is -2.06. The molecule has 5 heteroatoms. The standard InChI is InChI=1S/C19H13NO4/c21-19(14-4-2-1-3-5-14)15-6-10-17(11-7-15)24-18-12-8-16(9-13-18)20(22)23/h1-13H. The maximum Gasteiger partial charge on any atom is 0.269 e. The van der Waals surface area contributed by atoms with Gasteiger partial charge in [0.2, 0.25) is 0 Å². The Morgan fingerprint density at radius 2 is 1.25 bits per heavy atom. The van der Waals surface area contributed by atoms with Gasteiger partial charge in [-0.15, -0.1) is 0 Å². The maximum atomic E-state index is 12.3. The van der Waals surface area contributed by atoms with E-state index in [0.717, 1.165) is 0 Å². The number of ketones is 1. The minimum absolute atomic E-state index is 0.00570. The summed E-state index contributed by atoms with van der Waals surface area (Å²) in [6, 6.07) is 21.6. The zero-order valence-electron chi connectivity index (χ0n) is 12.6. The highest BCUT2D eigenvalue weighted by atomic mass is 16.6. The largest absolute Gasteiger partial charge is 0.457 e. The van der Waals surface area contributed by atoms with Crippen molar-refractivity contribution in [3.05, 3.63) is 100 Å². The fraction of sp³-hybridized carbons (Fsp3) is 0. The summed E-state index contributed by atoms with van der Waals surface area (Å²) in [6.07, 6.45) is 0. The second-order valence-corrected chi connectivity index (χ2v) is 5.07. The van der Waals surface area contributed by atoms with Gasteiger partial charge in [0, 0.05) is 23.3 Å². The fourth-order valence-electron chi connectivity index (χ4n) is 2.20. The molecular formula is C19H13NO4. The molecule has 0 atom stereocenters. The maximum absolute atomic E-state index is 12.3. The number of carbonyl (C=O) groups is 1. The van der Waals surface area contributed by atoms with Gasteiger partial charge < -0.3 is 4.74 Å². The summed E-state index contributed by atoms with van der Waals surface area (Å²) >= 11 is 0. The van der Waals surface area contributed by atoms with Crippen molar-refractivity contribution in [3.63, 3.8) is 0 Å². The summed E-state index contributed by atoms with van der Waals surface area (Å²) in [5, 5.41) is 10.6. The van der Waals surface area contributed by atoms with Crippen LogP contribution in [0.3, 0.4) is 0 Å². The van der Waals surface area contributed by atoms with Gasteiger partial charge in [-0.05, 0) is 36.4 Å². The predicted octanol–water partition coefficient (Wildman–Crippen LogP) is 4.62. The van der Waals surface area contributed by atoms with Crippen molar-refractivity contribution in [2.45, 2.75) is 0 Å². The molecule has 24 heavy (non-hydrogen) atoms. The molecule has 0 radical (unpaired) electrons. The Morgan fingerprint density at radius 1 is 0.750 bits per heavy atom. The van der Waals surface area contributed by atoms with E-state index >= 15 is 0 Å². The van der Waals surface area contributed by atoms with Gasteiger partial charge in [0.1, 0.15) is 11.5 Å². The van der Waals surface area contributed by atoms with Crippen molar-refractivity contribution in [1.82, 2.24) is 0 Å². The molecule has 0 aliphatic carbocycles. The van der Waals surface area contributed by atoms with Gasteiger partial charge in [0.05, 0.1) is 4.92 Å². The summed E-state index contributed by atoms with van der Waals surface area (Å²) in [7, 11) is 0. The molecule has 0 aliphatic heterocycles. The Balaban J connectivity index is 1.72. The molecular weight excluding hydrogens is 306 g/mol. The van der Waals surface area contributed by atoms with Gasteiger partial charge in [-0.25, -0.2) is 0 Å². The van der Waals surface area contributed by atoms with Crippen molar-refractivity contribution in [2.24, 2.45) is 0 Å². The van der Waals surface area contributed by atoms with E-state index in [4.69, 9.17) is 4.74 Å². The van der Waals surface area contributed by atoms with Crippen molar-refractivity contribution < 1.29 is 14.5 Å². The molecule has 0 N–H and O–H groups in total. The lowest BCUT2D eigenvalue weighted by Crippen LogP contribution is -2.00. The van der Waals surface area contributed by atoms with Gasteiger partial charge in [-0.2, -0.15) is 0 Å². The number of non-ortho nitro benzene ring substituents is 1. The SMILES string of the molecule is O=C(c1ccccc1)c1ccc(Oc2ccc([N+](=O)[O-])cc2)cc1. The molecule has 5 nitrogen and oxygen atoms in total. The summed E-state index contributed by atoms with van der Waals surface area (Å²) in [5.74, 6) is 0.980. The van der Waals surface area contributed by atoms with E-state index in [2.05, 4.69) is 0 Å². The van der Waals surface area contributed by atoms with Crippen molar-refractivity contribution >= 4 is 11.5 Å². The van der Waals surface area contributed by atoms with Crippen molar-refractivity contribution in [2.75, 3.05) is 0 Å². The summed E-state index contributed by atoms with van der Waals surface area (Å²) in [4.78, 5) is 22.5. The van der Waals surface area contributed by atoms with Crippen molar-refractivity contribution in [1.29, 1.82) is 0 Å². The van der Waals surface area contributed by atoms with E-state index in [1.807, 2.05) is 18.2 Å². The minimum Gasteiger partial charge on any atom is -0.457 e. The number of rotatable bonds is 5. The molecule has 3 aromatic rings. The molecule has 0 saturated heterocycles. The van der Waals surface area contributed by atoms with E-state index in [1.165, 1.54) is 24.3 Å². The van der Waals surface area contributed by atoms with Crippen LogP contribution in [0.15, 0.2) is 78.9 Å². The van der Waals surface area contributed by atoms with Crippen LogP contribution in [-0.4, -0.2) is 10.7 Å². The number of carbonyl (C=O) groups excluding carboxylic acids is 1. The molecule has 0 unspecified atom stereocenters. The van der Waals surface area contributed by atoms with Gasteiger partial charge in [-0.1, -0.05) is 30.3 Å². The Labute approximate surface area is 138 Å². The van der Waals surface area contributed by atoms with Gasteiger partial charge >= 0.3 is 0 Å². The number of nitrogens with zero attached hydrogens (tertiary/aromatic N) is 1. The fourth-order valence-corrected chi connectivity index (χ4v) is 2.20. The molecule has 0 aliphatic rings. The molecule has 3 rings (SSSR count). The zero-order chi connectivity index (χ0) is 16.9. The topological polar surface area (TPSA) is 69.4 Å². The van der Waals surface area contributed by atoms with E-state index in [9.17, 15) is 14.9 Å². The number of benzene rings is 3. The van der Waals surface area contributed by atoms with Crippen LogP contribution in [0, 0.1) is 10.1 Å². The Morgan fingerprint density at radius 3 is 1.79 bits per heavy atom. The summed E-state index contributed by atoms with van der Waals surface area (Å²) in [6.45, 7) is 0. The number of hydrogen-bond acceptors (Lipinski definition) is 4. The Kier molecular flexibility index (Phi) is 4.34. The first kappa shape index (κ1) is 15.4. The summed E-state index contributed by atoms with van der Waals surface area (Å²) < 4.78 is 5.62. The quantitative estimate of drug-likeness (QED) is 0.391. The highest BCUT2D eigenvalue weighted by Crippen LogP contribution is 2.24. The van der Waals surface area contributed by atoms with E-state index in [1.54, 1.807) is 36.4 Å². The van der Waals surface area contributed by atoms with Gasteiger partial charge in [-0.3, -0.25) is 14.9 Å². The molecule has 0 amide bonds. The van der Waals surface area contributed by atoms with Crippen LogP contribution in [0.4, 0.5) is 5.69 Å². The lowest BCUT2D eigenvalue weighted by atomic mass is 10.0. The molecule has 0 spiro atoms. The molecule has 0 bridgehead atoms. The predicted molar refractivity (Wildman–Crippen MR) is 89.5 cm³/mol. The van der Waals surface area contributed by atoms with Crippen LogP contribution >= 0.6 is 0 Å². The second-order valence-electron chi connectivity index (χ2n) is 5.07. The highest BCUT2D eigenvalue weighted by molar-refractivity contribution is 6.08. The molecule has 0 fully saturated rings. The number of hydrogen-bond donors (Lipinski definition) is 0. The smallest absolute Gasteiger partial charge is 0.269 e. The van der Waals surface area contributed by atoms with Crippen LogP contribution < -0.4 is 4.74 Å². The second kappa shape index (κ2) is 6.75. The first-order chi connectivity index (χ1) is 11.6. The highest BCUT2D eigenvalue weighted by Gasteiger charge is 2.09. The number of ether oxygens (including phenoxy) is 1. The van der Waals surface area contributed by atoms with E-state index in [0.29, 0.717) is 22.6 Å².